The van der Waals surface area contributed by atoms with E-state index in [0.717, 1.165) is 25.2 Å². The molecule has 0 bridgehead atoms. The van der Waals surface area contributed by atoms with Crippen LogP contribution in [-0.2, 0) is 14.3 Å². The highest BCUT2D eigenvalue weighted by molar-refractivity contribution is 5.69. The summed E-state index contributed by atoms with van der Waals surface area (Å²) in [4.78, 5) is 12.1. The Kier molecular flexibility index (Phi) is 35.4. The third kappa shape index (κ3) is 35.7. The highest BCUT2D eigenvalue weighted by Crippen LogP contribution is 2.16. The lowest BCUT2D eigenvalue weighted by molar-refractivity contribution is -0.154. The summed E-state index contributed by atoms with van der Waals surface area (Å²) >= 11 is 0. The number of ether oxygens (including phenoxy) is 2. The Morgan fingerprint density at radius 3 is 1.30 bits per heavy atom. The standard InChI is InChI=1S/C39H78O4/c1-4-5-6-7-8-9-10-11-12-13-16-19-22-25-28-31-34-42-36-38(35-40)43-39(41)33-30-27-24-21-18-15-14-17-20-23-26-29-32-37(2)3/h37-38,40H,4-36H2,1-3H3. The van der Waals surface area contributed by atoms with Crippen LogP contribution in [0.25, 0.3) is 0 Å². The molecular weight excluding hydrogens is 532 g/mol. The van der Waals surface area contributed by atoms with Gasteiger partial charge in [-0.1, -0.05) is 194 Å². The molecule has 1 unspecified atom stereocenters. The monoisotopic (exact) mass is 611 g/mol. The van der Waals surface area contributed by atoms with Crippen molar-refractivity contribution in [3.05, 3.63) is 0 Å². The summed E-state index contributed by atoms with van der Waals surface area (Å²) in [5, 5.41) is 9.57. The lowest BCUT2D eigenvalue weighted by atomic mass is 10.0. The number of hydrogen-bond donors (Lipinski definition) is 1. The fraction of sp³-hybridized carbons (Fsp3) is 0.974. The quantitative estimate of drug-likeness (QED) is 0.0566. The van der Waals surface area contributed by atoms with E-state index < -0.39 is 6.10 Å². The van der Waals surface area contributed by atoms with Crippen LogP contribution in [0.1, 0.15) is 213 Å². The van der Waals surface area contributed by atoms with Gasteiger partial charge in [0.2, 0.25) is 0 Å². The van der Waals surface area contributed by atoms with Gasteiger partial charge in [-0.2, -0.15) is 0 Å². The Bertz CT molecular complexity index is 535. The van der Waals surface area contributed by atoms with Gasteiger partial charge in [0, 0.05) is 13.0 Å². The molecule has 0 aliphatic carbocycles. The fourth-order valence-electron chi connectivity index (χ4n) is 5.93. The summed E-state index contributed by atoms with van der Waals surface area (Å²) in [6.45, 7) is 7.74. The van der Waals surface area contributed by atoms with Gasteiger partial charge in [0.1, 0.15) is 6.10 Å². The van der Waals surface area contributed by atoms with Crippen LogP contribution in [0.2, 0.25) is 0 Å². The van der Waals surface area contributed by atoms with E-state index in [1.807, 2.05) is 0 Å². The second-order valence-electron chi connectivity index (χ2n) is 13.8. The van der Waals surface area contributed by atoms with Crippen molar-refractivity contribution in [3.63, 3.8) is 0 Å². The molecule has 0 spiro atoms. The molecule has 4 heteroatoms. The fourth-order valence-corrected chi connectivity index (χ4v) is 5.93. The Balaban J connectivity index is 3.38. The minimum absolute atomic E-state index is 0.164. The second-order valence-corrected chi connectivity index (χ2v) is 13.8. The van der Waals surface area contributed by atoms with Crippen molar-refractivity contribution in [1.82, 2.24) is 0 Å². The maximum absolute atomic E-state index is 12.1. The van der Waals surface area contributed by atoms with Crippen molar-refractivity contribution in [3.8, 4) is 0 Å². The average Bonchev–Trinajstić information content (AvgIpc) is 2.99. The Hall–Kier alpha value is -0.610. The van der Waals surface area contributed by atoms with Crippen LogP contribution in [0, 0.1) is 5.92 Å². The van der Waals surface area contributed by atoms with Crippen molar-refractivity contribution in [2.24, 2.45) is 5.92 Å². The van der Waals surface area contributed by atoms with Gasteiger partial charge in [-0.3, -0.25) is 4.79 Å². The van der Waals surface area contributed by atoms with Gasteiger partial charge in [0.05, 0.1) is 13.2 Å². The number of aliphatic hydroxyl groups is 1. The Morgan fingerprint density at radius 2 is 0.907 bits per heavy atom. The molecule has 258 valence electrons. The molecular formula is C39H78O4. The number of hydrogen-bond acceptors (Lipinski definition) is 4. The molecule has 0 radical (unpaired) electrons. The Labute approximate surface area is 270 Å². The highest BCUT2D eigenvalue weighted by Gasteiger charge is 2.13. The normalized spacial score (nSPS) is 12.3. The summed E-state index contributed by atoms with van der Waals surface area (Å²) in [5.41, 5.74) is 0. The van der Waals surface area contributed by atoms with E-state index in [-0.39, 0.29) is 12.6 Å². The first kappa shape index (κ1) is 42.4. The average molecular weight is 611 g/mol. The van der Waals surface area contributed by atoms with E-state index in [2.05, 4.69) is 20.8 Å². The molecule has 0 aliphatic heterocycles. The number of aliphatic hydroxyl groups excluding tert-OH is 1. The van der Waals surface area contributed by atoms with E-state index in [4.69, 9.17) is 9.47 Å². The smallest absolute Gasteiger partial charge is 0.306 e. The number of rotatable bonds is 36. The molecule has 0 aromatic heterocycles. The molecule has 0 amide bonds. The molecule has 0 fully saturated rings. The SMILES string of the molecule is CCCCCCCCCCCCCCCCCCOCC(CO)OC(=O)CCCCCCCCCCCCCCC(C)C. The zero-order valence-corrected chi connectivity index (χ0v) is 29.7. The molecule has 0 saturated carbocycles. The van der Waals surface area contributed by atoms with Gasteiger partial charge < -0.3 is 14.6 Å². The predicted octanol–water partition coefficient (Wildman–Crippen LogP) is 12.3. The first-order chi connectivity index (χ1) is 21.1. The number of carbonyl (C=O) groups is 1. The van der Waals surface area contributed by atoms with Crippen molar-refractivity contribution in [2.75, 3.05) is 19.8 Å². The third-order valence-corrected chi connectivity index (χ3v) is 8.86. The van der Waals surface area contributed by atoms with Crippen LogP contribution >= 0.6 is 0 Å². The molecule has 1 atom stereocenters. The van der Waals surface area contributed by atoms with Gasteiger partial charge in [0.25, 0.3) is 0 Å². The Morgan fingerprint density at radius 1 is 0.535 bits per heavy atom. The van der Waals surface area contributed by atoms with Crippen LogP contribution in [0.3, 0.4) is 0 Å². The first-order valence-corrected chi connectivity index (χ1v) is 19.5. The maximum atomic E-state index is 12.1. The molecule has 4 nitrogen and oxygen atoms in total. The summed E-state index contributed by atoms with van der Waals surface area (Å²) in [5.74, 6) is 0.657. The molecule has 0 heterocycles. The molecule has 0 saturated heterocycles. The number of carbonyl (C=O) groups excluding carboxylic acids is 1. The highest BCUT2D eigenvalue weighted by atomic mass is 16.6. The van der Waals surface area contributed by atoms with E-state index in [1.165, 1.54) is 167 Å². The lowest BCUT2D eigenvalue weighted by Crippen LogP contribution is -2.27. The van der Waals surface area contributed by atoms with Gasteiger partial charge in [-0.25, -0.2) is 0 Å². The molecule has 0 aromatic rings. The molecule has 43 heavy (non-hydrogen) atoms. The molecule has 0 rings (SSSR count). The summed E-state index contributed by atoms with van der Waals surface area (Å²) in [7, 11) is 0. The zero-order valence-electron chi connectivity index (χ0n) is 29.7. The second kappa shape index (κ2) is 35.9. The summed E-state index contributed by atoms with van der Waals surface area (Å²) in [6, 6.07) is 0. The van der Waals surface area contributed by atoms with Crippen LogP contribution in [0.4, 0.5) is 0 Å². The van der Waals surface area contributed by atoms with Gasteiger partial charge in [-0.15, -0.1) is 0 Å². The molecule has 1 N–H and O–H groups in total. The first-order valence-electron chi connectivity index (χ1n) is 19.5. The van der Waals surface area contributed by atoms with E-state index in [1.54, 1.807) is 0 Å². The van der Waals surface area contributed by atoms with E-state index in [0.29, 0.717) is 19.6 Å². The topological polar surface area (TPSA) is 55.8 Å². The van der Waals surface area contributed by atoms with Crippen LogP contribution in [0.15, 0.2) is 0 Å². The number of esters is 1. The van der Waals surface area contributed by atoms with Crippen molar-refractivity contribution < 1.29 is 19.4 Å². The van der Waals surface area contributed by atoms with Gasteiger partial charge >= 0.3 is 5.97 Å². The van der Waals surface area contributed by atoms with Crippen molar-refractivity contribution in [2.45, 2.75) is 219 Å². The van der Waals surface area contributed by atoms with Crippen LogP contribution in [-0.4, -0.2) is 37.0 Å². The van der Waals surface area contributed by atoms with Crippen molar-refractivity contribution in [1.29, 1.82) is 0 Å². The minimum atomic E-state index is -0.524. The molecule has 0 aliphatic rings. The maximum Gasteiger partial charge on any atom is 0.306 e. The molecule has 0 aromatic carbocycles. The van der Waals surface area contributed by atoms with E-state index >= 15 is 0 Å². The predicted molar refractivity (Wildman–Crippen MR) is 187 cm³/mol. The zero-order chi connectivity index (χ0) is 31.5. The van der Waals surface area contributed by atoms with Crippen LogP contribution < -0.4 is 0 Å². The van der Waals surface area contributed by atoms with Gasteiger partial charge in [-0.05, 0) is 18.8 Å². The summed E-state index contributed by atoms with van der Waals surface area (Å²) < 4.78 is 11.1. The van der Waals surface area contributed by atoms with Crippen LogP contribution in [0.5, 0.6) is 0 Å². The number of unbranched alkanes of at least 4 members (excludes halogenated alkanes) is 26. The summed E-state index contributed by atoms with van der Waals surface area (Å²) in [6.07, 6.45) is 38.6. The van der Waals surface area contributed by atoms with E-state index in [9.17, 15) is 9.90 Å². The van der Waals surface area contributed by atoms with Crippen molar-refractivity contribution >= 4 is 5.97 Å². The third-order valence-electron chi connectivity index (χ3n) is 8.86. The van der Waals surface area contributed by atoms with Gasteiger partial charge in [0.15, 0.2) is 0 Å². The minimum Gasteiger partial charge on any atom is -0.457 e. The lowest BCUT2D eigenvalue weighted by Gasteiger charge is -2.16. The largest absolute Gasteiger partial charge is 0.457 e.